The Hall–Kier alpha value is -2.61. The summed E-state index contributed by atoms with van der Waals surface area (Å²) in [7, 11) is 0. The summed E-state index contributed by atoms with van der Waals surface area (Å²) in [6, 6.07) is 7.57. The first-order valence-corrected chi connectivity index (χ1v) is 6.83. The number of anilines is 1. The lowest BCUT2D eigenvalue weighted by Crippen LogP contribution is -2.16. The number of hydrogen-bond acceptors (Lipinski definition) is 6. The molecule has 2 N–H and O–H groups in total. The van der Waals surface area contributed by atoms with Gasteiger partial charge in [-0.1, -0.05) is 23.5 Å². The zero-order valence-corrected chi connectivity index (χ0v) is 11.8. The average Bonchev–Trinajstić information content (AvgIpc) is 2.86. The van der Waals surface area contributed by atoms with Crippen molar-refractivity contribution in [2.24, 2.45) is 0 Å². The second-order valence-electron chi connectivity index (χ2n) is 4.31. The van der Waals surface area contributed by atoms with Gasteiger partial charge in [0.15, 0.2) is 10.7 Å². The fourth-order valence-corrected chi connectivity index (χ4v) is 2.49. The fourth-order valence-electron chi connectivity index (χ4n) is 1.89. The van der Waals surface area contributed by atoms with Crippen molar-refractivity contribution < 1.29 is 4.39 Å². The second kappa shape index (κ2) is 5.06. The molecular formula is C13H10FN5OS. The standard InChI is InChI=1S/C13H10FN5OS/c1-7-6-10(20)11(12-16-17-13(15)21-12)18-19(7)9-5-3-2-4-8(9)14/h2-6H,1H3,(H2,15,17). The minimum atomic E-state index is -0.431. The van der Waals surface area contributed by atoms with Gasteiger partial charge in [-0.15, -0.1) is 10.2 Å². The van der Waals surface area contributed by atoms with Crippen LogP contribution in [0.5, 0.6) is 0 Å². The number of nitrogen functional groups attached to an aromatic ring is 1. The monoisotopic (exact) mass is 303 g/mol. The first-order chi connectivity index (χ1) is 10.1. The zero-order chi connectivity index (χ0) is 15.0. The van der Waals surface area contributed by atoms with Crippen LogP contribution in [0.3, 0.4) is 0 Å². The molecular weight excluding hydrogens is 293 g/mol. The summed E-state index contributed by atoms with van der Waals surface area (Å²) < 4.78 is 15.3. The Bertz CT molecular complexity index is 873. The lowest BCUT2D eigenvalue weighted by Gasteiger charge is -2.10. The Kier molecular flexibility index (Phi) is 3.22. The zero-order valence-electron chi connectivity index (χ0n) is 10.9. The van der Waals surface area contributed by atoms with Crippen LogP contribution in [0.4, 0.5) is 9.52 Å². The number of halogens is 1. The maximum atomic E-state index is 13.9. The third-order valence-corrected chi connectivity index (χ3v) is 3.59. The van der Waals surface area contributed by atoms with E-state index in [2.05, 4.69) is 15.3 Å². The van der Waals surface area contributed by atoms with Crippen LogP contribution in [0.1, 0.15) is 5.69 Å². The molecule has 0 saturated heterocycles. The van der Waals surface area contributed by atoms with Gasteiger partial charge < -0.3 is 5.73 Å². The van der Waals surface area contributed by atoms with E-state index >= 15 is 0 Å². The highest BCUT2D eigenvalue weighted by atomic mass is 32.1. The number of rotatable bonds is 2. The molecule has 106 valence electrons. The average molecular weight is 303 g/mol. The molecule has 0 spiro atoms. The van der Waals surface area contributed by atoms with Crippen molar-refractivity contribution in [3.05, 3.63) is 52.1 Å². The number of aromatic nitrogens is 4. The molecule has 3 aromatic rings. The third-order valence-electron chi connectivity index (χ3n) is 2.83. The summed E-state index contributed by atoms with van der Waals surface area (Å²) in [5.41, 5.74) is 6.08. The highest BCUT2D eigenvalue weighted by Gasteiger charge is 2.15. The Morgan fingerprint density at radius 3 is 2.71 bits per heavy atom. The van der Waals surface area contributed by atoms with Crippen LogP contribution in [-0.2, 0) is 0 Å². The lowest BCUT2D eigenvalue weighted by molar-refractivity contribution is 0.606. The van der Waals surface area contributed by atoms with Crippen LogP contribution in [0.25, 0.3) is 16.4 Å². The van der Waals surface area contributed by atoms with Crippen LogP contribution < -0.4 is 11.2 Å². The molecule has 0 amide bonds. The first-order valence-electron chi connectivity index (χ1n) is 6.01. The first kappa shape index (κ1) is 13.4. The Labute approximate surface area is 122 Å². The molecule has 0 fully saturated rings. The third kappa shape index (κ3) is 2.40. The predicted octanol–water partition coefficient (Wildman–Crippen LogP) is 1.78. The van der Waals surface area contributed by atoms with E-state index in [1.165, 1.54) is 16.8 Å². The van der Waals surface area contributed by atoms with E-state index in [0.29, 0.717) is 10.7 Å². The van der Waals surface area contributed by atoms with Gasteiger partial charge in [0.2, 0.25) is 10.6 Å². The number of aryl methyl sites for hydroxylation is 1. The van der Waals surface area contributed by atoms with Crippen molar-refractivity contribution >= 4 is 16.5 Å². The van der Waals surface area contributed by atoms with Gasteiger partial charge in [-0.25, -0.2) is 9.07 Å². The number of benzene rings is 1. The molecule has 0 radical (unpaired) electrons. The van der Waals surface area contributed by atoms with Crippen LogP contribution in [0.15, 0.2) is 35.1 Å². The van der Waals surface area contributed by atoms with Crippen LogP contribution >= 0.6 is 11.3 Å². The van der Waals surface area contributed by atoms with Crippen molar-refractivity contribution in [1.29, 1.82) is 0 Å². The molecule has 0 atom stereocenters. The number of nitrogens with two attached hydrogens (primary N) is 1. The SMILES string of the molecule is Cc1cc(=O)c(-c2nnc(N)s2)nn1-c1ccccc1F. The second-order valence-corrected chi connectivity index (χ2v) is 5.32. The molecule has 0 aliphatic carbocycles. The minimum Gasteiger partial charge on any atom is -0.374 e. The molecule has 0 bridgehead atoms. The van der Waals surface area contributed by atoms with Crippen molar-refractivity contribution in [1.82, 2.24) is 20.0 Å². The van der Waals surface area contributed by atoms with Gasteiger partial charge in [0.05, 0.1) is 0 Å². The Balaban J connectivity index is 2.24. The number of nitrogens with zero attached hydrogens (tertiary/aromatic N) is 4. The molecule has 0 aliphatic heterocycles. The van der Waals surface area contributed by atoms with Crippen LogP contribution in [-0.4, -0.2) is 20.0 Å². The smallest absolute Gasteiger partial charge is 0.210 e. The molecule has 8 heteroatoms. The highest BCUT2D eigenvalue weighted by Crippen LogP contribution is 2.21. The molecule has 2 heterocycles. The molecule has 0 saturated carbocycles. The van der Waals surface area contributed by atoms with Gasteiger partial charge >= 0.3 is 0 Å². The topological polar surface area (TPSA) is 86.7 Å². The van der Waals surface area contributed by atoms with E-state index in [0.717, 1.165) is 11.3 Å². The van der Waals surface area contributed by atoms with E-state index in [-0.39, 0.29) is 21.9 Å². The molecule has 1 aromatic carbocycles. The number of para-hydroxylation sites is 1. The van der Waals surface area contributed by atoms with Crippen molar-refractivity contribution in [2.75, 3.05) is 5.73 Å². The summed E-state index contributed by atoms with van der Waals surface area (Å²) in [6.07, 6.45) is 0. The maximum absolute atomic E-state index is 13.9. The van der Waals surface area contributed by atoms with Crippen molar-refractivity contribution in [2.45, 2.75) is 6.92 Å². The fraction of sp³-hybridized carbons (Fsp3) is 0.0769. The van der Waals surface area contributed by atoms with Crippen molar-refractivity contribution in [3.63, 3.8) is 0 Å². The molecule has 2 aromatic heterocycles. The largest absolute Gasteiger partial charge is 0.374 e. The molecule has 3 rings (SSSR count). The normalized spacial score (nSPS) is 10.8. The summed E-state index contributed by atoms with van der Waals surface area (Å²) in [4.78, 5) is 12.0. The van der Waals surface area contributed by atoms with Gasteiger partial charge in [0.1, 0.15) is 11.5 Å². The quantitative estimate of drug-likeness (QED) is 0.780. The summed E-state index contributed by atoms with van der Waals surface area (Å²) in [5.74, 6) is -0.431. The maximum Gasteiger partial charge on any atom is 0.210 e. The predicted molar refractivity (Wildman–Crippen MR) is 77.8 cm³/mol. The van der Waals surface area contributed by atoms with Gasteiger partial charge in [-0.2, -0.15) is 5.10 Å². The Morgan fingerprint density at radius 2 is 2.05 bits per heavy atom. The van der Waals surface area contributed by atoms with Crippen molar-refractivity contribution in [3.8, 4) is 16.4 Å². The molecule has 0 unspecified atom stereocenters. The van der Waals surface area contributed by atoms with E-state index < -0.39 is 5.82 Å². The van der Waals surface area contributed by atoms with Gasteiger partial charge in [-0.05, 0) is 19.1 Å². The summed E-state index contributed by atoms with van der Waals surface area (Å²) in [5, 5.41) is 12.2. The molecule has 0 aliphatic rings. The molecule has 6 nitrogen and oxygen atoms in total. The van der Waals surface area contributed by atoms with Gasteiger partial charge in [0, 0.05) is 11.8 Å². The highest BCUT2D eigenvalue weighted by molar-refractivity contribution is 7.18. The summed E-state index contributed by atoms with van der Waals surface area (Å²) in [6.45, 7) is 1.68. The molecule has 21 heavy (non-hydrogen) atoms. The van der Waals surface area contributed by atoms with E-state index in [1.54, 1.807) is 25.1 Å². The van der Waals surface area contributed by atoms with Crippen LogP contribution in [0, 0.1) is 12.7 Å². The number of hydrogen-bond donors (Lipinski definition) is 1. The van der Waals surface area contributed by atoms with E-state index in [4.69, 9.17) is 5.73 Å². The van der Waals surface area contributed by atoms with E-state index in [9.17, 15) is 9.18 Å². The van der Waals surface area contributed by atoms with Gasteiger partial charge in [-0.3, -0.25) is 4.79 Å². The Morgan fingerprint density at radius 1 is 1.29 bits per heavy atom. The summed E-state index contributed by atoms with van der Waals surface area (Å²) >= 11 is 1.05. The van der Waals surface area contributed by atoms with E-state index in [1.807, 2.05) is 0 Å². The minimum absolute atomic E-state index is 0.0954. The lowest BCUT2D eigenvalue weighted by atomic mass is 10.2. The van der Waals surface area contributed by atoms with Gasteiger partial charge in [0.25, 0.3) is 0 Å². The van der Waals surface area contributed by atoms with Crippen LogP contribution in [0.2, 0.25) is 0 Å².